The fourth-order valence-electron chi connectivity index (χ4n) is 3.03. The van der Waals surface area contributed by atoms with Gasteiger partial charge in [-0.2, -0.15) is 13.2 Å². The maximum Gasteiger partial charge on any atom is 0.398 e. The van der Waals surface area contributed by atoms with Crippen LogP contribution in [0.5, 0.6) is 0 Å². The predicted octanol–water partition coefficient (Wildman–Crippen LogP) is 4.91. The summed E-state index contributed by atoms with van der Waals surface area (Å²) in [6.07, 6.45) is -2.80. The number of hydrogen-bond acceptors (Lipinski definition) is 4. The van der Waals surface area contributed by atoms with E-state index < -0.39 is 17.7 Å². The van der Waals surface area contributed by atoms with Gasteiger partial charge in [0.2, 0.25) is 0 Å². The van der Waals surface area contributed by atoms with Crippen LogP contribution in [0.3, 0.4) is 0 Å². The van der Waals surface area contributed by atoms with Gasteiger partial charge in [0.15, 0.2) is 0 Å². The van der Waals surface area contributed by atoms with E-state index in [9.17, 15) is 22.4 Å². The monoisotopic (exact) mass is 491 g/mol. The number of amides is 1. The number of carbonyl (C=O) groups is 1. The third kappa shape index (κ3) is 5.63. The van der Waals surface area contributed by atoms with E-state index in [4.69, 9.17) is 0 Å². The Balaban J connectivity index is 1.68. The topological polar surface area (TPSA) is 36.4 Å². The molecule has 0 spiro atoms. The Kier molecular flexibility index (Phi) is 6.72. The molecule has 1 aromatic carbocycles. The van der Waals surface area contributed by atoms with Crippen molar-refractivity contribution in [1.29, 1.82) is 0 Å². The third-order valence-electron chi connectivity index (χ3n) is 4.52. The second-order valence-electron chi connectivity index (χ2n) is 6.62. The van der Waals surface area contributed by atoms with Gasteiger partial charge in [0.05, 0.1) is 17.0 Å². The Hall–Kier alpha value is -1.81. The van der Waals surface area contributed by atoms with Crippen molar-refractivity contribution in [3.8, 4) is 0 Å². The van der Waals surface area contributed by atoms with Crippen molar-refractivity contribution < 1.29 is 22.4 Å². The number of alkyl halides is 3. The molecule has 1 amide bonds. The largest absolute Gasteiger partial charge is 0.398 e. The summed E-state index contributed by atoms with van der Waals surface area (Å²) in [6, 6.07) is 6.09. The minimum atomic E-state index is -4.29. The lowest BCUT2D eigenvalue weighted by molar-refractivity contribution is -0.105. The number of aromatic nitrogens is 1. The second kappa shape index (κ2) is 8.91. The summed E-state index contributed by atoms with van der Waals surface area (Å²) in [6.45, 7) is 3.13. The Morgan fingerprint density at radius 1 is 1.21 bits per heavy atom. The molecular formula is C19H18BrF4N3OS. The molecule has 0 aliphatic carbocycles. The Morgan fingerprint density at radius 3 is 2.48 bits per heavy atom. The molecule has 0 N–H and O–H groups in total. The number of carbonyl (C=O) groups excluding carboxylic acids is 1. The summed E-state index contributed by atoms with van der Waals surface area (Å²) >= 11 is 3.87. The number of benzene rings is 1. The van der Waals surface area contributed by atoms with Crippen LogP contribution in [-0.2, 0) is 0 Å². The van der Waals surface area contributed by atoms with Crippen LogP contribution in [0, 0.1) is 12.7 Å². The van der Waals surface area contributed by atoms with Crippen LogP contribution < -0.4 is 4.90 Å². The van der Waals surface area contributed by atoms with Crippen LogP contribution in [0.4, 0.5) is 23.2 Å². The van der Waals surface area contributed by atoms with E-state index in [1.165, 1.54) is 18.3 Å². The van der Waals surface area contributed by atoms with Crippen LogP contribution >= 0.6 is 27.7 Å². The van der Waals surface area contributed by atoms with Crippen LogP contribution in [-0.4, -0.2) is 53.9 Å². The number of rotatable bonds is 4. The number of anilines is 1. The molecule has 1 aromatic heterocycles. The second-order valence-corrected chi connectivity index (χ2v) is 8.45. The molecule has 1 aliphatic rings. The maximum atomic E-state index is 14.5. The number of hydrogen-bond donors (Lipinski definition) is 0. The van der Waals surface area contributed by atoms with Gasteiger partial charge in [0, 0.05) is 37.3 Å². The number of pyridine rings is 1. The third-order valence-corrected chi connectivity index (χ3v) is 6.21. The smallest absolute Gasteiger partial charge is 0.366 e. The molecule has 156 valence electrons. The average Bonchev–Trinajstić information content (AvgIpc) is 2.67. The number of nitrogens with zero attached hydrogens (tertiary/aromatic N) is 3. The van der Waals surface area contributed by atoms with Gasteiger partial charge >= 0.3 is 6.18 Å². The molecule has 3 rings (SSSR count). The highest BCUT2D eigenvalue weighted by Gasteiger charge is 2.28. The van der Waals surface area contributed by atoms with Gasteiger partial charge in [-0.25, -0.2) is 9.37 Å². The molecule has 4 nitrogen and oxygen atoms in total. The van der Waals surface area contributed by atoms with Gasteiger partial charge in [-0.05, 0) is 52.7 Å². The van der Waals surface area contributed by atoms with Crippen LogP contribution in [0.1, 0.15) is 15.9 Å². The standard InChI is InChI=1S/C19H18BrF4N3OS/c1-12-8-14(21)15(9-16(12)29-11-19(22,23)24)26-4-6-27(7-5-26)18(28)13-2-3-17(20)25-10-13/h2-3,8-10H,4-7,11H2,1H3. The summed E-state index contributed by atoms with van der Waals surface area (Å²) in [7, 11) is 0. The van der Waals surface area contributed by atoms with Crippen molar-refractivity contribution in [2.75, 3.05) is 36.8 Å². The van der Waals surface area contributed by atoms with Gasteiger partial charge in [-0.3, -0.25) is 4.79 Å². The average molecular weight is 492 g/mol. The van der Waals surface area contributed by atoms with E-state index in [0.717, 1.165) is 0 Å². The molecule has 10 heteroatoms. The lowest BCUT2D eigenvalue weighted by atomic mass is 10.1. The number of aryl methyl sites for hydroxylation is 1. The Bertz CT molecular complexity index is 884. The number of piperazine rings is 1. The molecule has 29 heavy (non-hydrogen) atoms. The van der Waals surface area contributed by atoms with Crippen molar-refractivity contribution in [2.45, 2.75) is 18.0 Å². The molecule has 2 aromatic rings. The number of thioether (sulfide) groups is 1. The van der Waals surface area contributed by atoms with Gasteiger partial charge < -0.3 is 9.80 Å². The highest BCUT2D eigenvalue weighted by Crippen LogP contribution is 2.34. The van der Waals surface area contributed by atoms with Crippen molar-refractivity contribution in [2.24, 2.45) is 0 Å². The molecular weight excluding hydrogens is 474 g/mol. The quantitative estimate of drug-likeness (QED) is 0.346. The zero-order valence-electron chi connectivity index (χ0n) is 15.5. The Morgan fingerprint density at radius 2 is 1.90 bits per heavy atom. The summed E-state index contributed by atoms with van der Waals surface area (Å²) in [5.74, 6) is -1.66. The molecule has 1 fully saturated rings. The normalized spacial score (nSPS) is 15.0. The van der Waals surface area contributed by atoms with E-state index in [1.807, 2.05) is 0 Å². The zero-order valence-corrected chi connectivity index (χ0v) is 17.9. The van der Waals surface area contributed by atoms with E-state index in [2.05, 4.69) is 20.9 Å². The van der Waals surface area contributed by atoms with Crippen LogP contribution in [0.15, 0.2) is 40.0 Å². The first-order chi connectivity index (χ1) is 13.6. The Labute approximate surface area is 178 Å². The molecule has 1 saturated heterocycles. The van der Waals surface area contributed by atoms with Gasteiger partial charge in [-0.15, -0.1) is 11.8 Å². The summed E-state index contributed by atoms with van der Waals surface area (Å²) in [5.41, 5.74) is 1.20. The maximum absolute atomic E-state index is 14.5. The summed E-state index contributed by atoms with van der Waals surface area (Å²) in [4.78, 5) is 20.4. The summed E-state index contributed by atoms with van der Waals surface area (Å²) in [5, 5.41) is 0. The van der Waals surface area contributed by atoms with Crippen molar-refractivity contribution in [3.63, 3.8) is 0 Å². The summed E-state index contributed by atoms with van der Waals surface area (Å²) < 4.78 is 52.7. The van der Waals surface area contributed by atoms with E-state index in [0.29, 0.717) is 58.6 Å². The number of halogens is 5. The van der Waals surface area contributed by atoms with Gasteiger partial charge in [0.25, 0.3) is 5.91 Å². The highest BCUT2D eigenvalue weighted by atomic mass is 79.9. The molecule has 1 aliphatic heterocycles. The predicted molar refractivity (Wildman–Crippen MR) is 108 cm³/mol. The molecule has 0 bridgehead atoms. The molecule has 0 unspecified atom stereocenters. The molecule has 0 atom stereocenters. The van der Waals surface area contributed by atoms with E-state index >= 15 is 0 Å². The van der Waals surface area contributed by atoms with Crippen molar-refractivity contribution in [3.05, 3.63) is 52.0 Å². The minimum absolute atomic E-state index is 0.157. The van der Waals surface area contributed by atoms with Gasteiger partial charge in [-0.1, -0.05) is 0 Å². The molecule has 2 heterocycles. The SMILES string of the molecule is Cc1cc(F)c(N2CCN(C(=O)c3ccc(Br)nc3)CC2)cc1SCC(F)(F)F. The highest BCUT2D eigenvalue weighted by molar-refractivity contribution is 9.10. The van der Waals surface area contributed by atoms with Crippen molar-refractivity contribution >= 4 is 39.3 Å². The van der Waals surface area contributed by atoms with Crippen LogP contribution in [0.25, 0.3) is 0 Å². The van der Waals surface area contributed by atoms with E-state index in [-0.39, 0.29) is 11.6 Å². The zero-order chi connectivity index (χ0) is 21.2. The van der Waals surface area contributed by atoms with Crippen molar-refractivity contribution in [1.82, 2.24) is 9.88 Å². The first kappa shape index (κ1) is 21.9. The lowest BCUT2D eigenvalue weighted by Crippen LogP contribution is -2.49. The van der Waals surface area contributed by atoms with Gasteiger partial charge in [0.1, 0.15) is 10.4 Å². The fourth-order valence-corrected chi connectivity index (χ4v) is 4.07. The molecule has 0 saturated carbocycles. The minimum Gasteiger partial charge on any atom is -0.366 e. The first-order valence-corrected chi connectivity index (χ1v) is 10.6. The molecule has 0 radical (unpaired) electrons. The fraction of sp³-hybridized carbons (Fsp3) is 0.368. The van der Waals surface area contributed by atoms with Crippen LogP contribution in [0.2, 0.25) is 0 Å². The first-order valence-electron chi connectivity index (χ1n) is 8.79. The van der Waals surface area contributed by atoms with E-state index in [1.54, 1.807) is 28.9 Å². The lowest BCUT2D eigenvalue weighted by Gasteiger charge is -2.36.